The van der Waals surface area contributed by atoms with Crippen LogP contribution in [0.3, 0.4) is 0 Å². The van der Waals surface area contributed by atoms with Crippen LogP contribution in [0.5, 0.6) is 52.1 Å². The molecule has 2 saturated heterocycles. The van der Waals surface area contributed by atoms with Crippen LogP contribution in [0.2, 0.25) is 0 Å². The summed E-state index contributed by atoms with van der Waals surface area (Å²) in [4.78, 5) is 105. The van der Waals surface area contributed by atoms with Gasteiger partial charge in [0, 0.05) is 110 Å². The topological polar surface area (TPSA) is 339 Å². The lowest BCUT2D eigenvalue weighted by molar-refractivity contribution is -0.140. The average Bonchev–Trinajstić information content (AvgIpc) is 1.63. The van der Waals surface area contributed by atoms with Gasteiger partial charge in [0.1, 0.15) is 74.9 Å². The fraction of sp³-hybridized carbons (Fsp3) is 0.341. The van der Waals surface area contributed by atoms with Crippen LogP contribution in [0.1, 0.15) is 135 Å². The number of benzene rings is 6. The largest absolute Gasteiger partial charge is 0.495 e. The van der Waals surface area contributed by atoms with Crippen LogP contribution < -0.4 is 60.3 Å². The summed E-state index contributed by atoms with van der Waals surface area (Å²) < 4.78 is 213. The number of nitrogens with zero attached hydrogens (tertiary/aromatic N) is 10. The van der Waals surface area contributed by atoms with E-state index < -0.39 is 112 Å². The Labute approximate surface area is 699 Å². The molecule has 656 valence electrons. The molecule has 6 amide bonds. The highest BCUT2D eigenvalue weighted by Gasteiger charge is 2.42. The van der Waals surface area contributed by atoms with Crippen LogP contribution in [0.25, 0.3) is 0 Å². The van der Waals surface area contributed by atoms with E-state index in [4.69, 9.17) is 37.9 Å². The third kappa shape index (κ3) is 20.9. The standard InChI is InChI=1S/C29H32F4N6O4.C27H25F4N5O5.C26H23F4N5O5/c1-28(2,15-38(3)4)14-35-24(40)17-10-22(42-6)20(11-19(17)30)36-27-34-12-18(29(31,32)33)25(37-27)43-21-9-7-8-16-13-39(5)26(41)23(16)21;1-36-13-14-5-3-7-20(22(14)25(36)38)41-24-17(27(29,30)31)12-33-26(35-24)34-19-10-18(28)16(9-21(19)39-2)23(37)32-11-15-6-4-8-40-15;1-35-12-13-5-3-6-18(21(13)24(35)37)40-23-15(26(28,29)30)11-31-25(34-23)32-17-10-16(27)14(9-19(17)38-2)22(36)33-20-7-4-8-39-20/h7-12H,13-15H2,1-6H3,(H,35,40)(H,34,36,37);3,5,7,9-10,12,15H,4,6,8,11,13H2,1-2H3,(H,32,37)(H,33,34,35);3,5-6,9-11,20H,4,7-8,12H2,1-2H3,(H,33,36)(H,31,32,34)/t;15-;/m.0./s1. The van der Waals surface area contributed by atoms with Gasteiger partial charge in [-0.25, -0.2) is 28.1 Å². The van der Waals surface area contributed by atoms with Crippen molar-refractivity contribution < 1.29 is 119 Å². The third-order valence-corrected chi connectivity index (χ3v) is 19.6. The van der Waals surface area contributed by atoms with Crippen molar-refractivity contribution in [2.75, 3.05) is 105 Å². The minimum atomic E-state index is -4.88. The monoisotopic (exact) mass is 1740 g/mol. The van der Waals surface area contributed by atoms with Gasteiger partial charge in [0.25, 0.3) is 35.4 Å². The van der Waals surface area contributed by atoms with Gasteiger partial charge in [-0.05, 0) is 98.3 Å². The van der Waals surface area contributed by atoms with Crippen molar-refractivity contribution in [1.29, 1.82) is 0 Å². The molecule has 6 N–H and O–H groups in total. The second kappa shape index (κ2) is 37.1. The number of hydrogen-bond donors (Lipinski definition) is 6. The zero-order chi connectivity index (χ0) is 89.6. The van der Waals surface area contributed by atoms with Gasteiger partial charge in [0.05, 0.1) is 77.9 Å². The van der Waals surface area contributed by atoms with Crippen molar-refractivity contribution in [3.8, 4) is 52.1 Å². The normalized spacial score (nSPS) is 15.4. The zero-order valence-electron chi connectivity index (χ0n) is 67.8. The smallest absolute Gasteiger partial charge is 0.423 e. The SMILES string of the molecule is COc1cc(C(=O)NC2CCCO2)c(F)cc1Nc1ncc(C(F)(F)F)c(Oc2cccc3c2C(=O)N(C)C3)n1.COc1cc(C(=O)NCC(C)(C)CN(C)C)c(F)cc1Nc1ncc(C(F)(F)F)c(Oc2cccc3c2C(=O)N(C)C3)n1.COc1cc(C(=O)NC[C@@H]2CCCO2)c(F)cc1Nc1ncc(C(F)(F)F)c(Oc2cccc3c2C(=O)N(C)C3)n1. The molecular weight excluding hydrogens is 1660 g/mol. The van der Waals surface area contributed by atoms with Gasteiger partial charge in [-0.1, -0.05) is 50.2 Å². The van der Waals surface area contributed by atoms with E-state index >= 15 is 4.39 Å². The van der Waals surface area contributed by atoms with Crippen LogP contribution in [-0.2, 0) is 47.6 Å². The van der Waals surface area contributed by atoms with Gasteiger partial charge in [-0.2, -0.15) is 54.5 Å². The number of nitrogens with one attached hydrogen (secondary N) is 6. The van der Waals surface area contributed by atoms with E-state index in [1.807, 2.05) is 32.8 Å². The molecule has 2 fully saturated rings. The predicted molar refractivity (Wildman–Crippen MR) is 419 cm³/mol. The van der Waals surface area contributed by atoms with Crippen molar-refractivity contribution in [2.24, 2.45) is 5.41 Å². The zero-order valence-corrected chi connectivity index (χ0v) is 67.8. The summed E-state index contributed by atoms with van der Waals surface area (Å²) in [6, 6.07) is 20.1. The molecule has 5 aliphatic rings. The molecule has 124 heavy (non-hydrogen) atoms. The van der Waals surface area contributed by atoms with Gasteiger partial charge in [-0.3, -0.25) is 28.8 Å². The first kappa shape index (κ1) is 89.9. The molecule has 42 heteroatoms. The lowest BCUT2D eigenvalue weighted by Gasteiger charge is -2.28. The van der Waals surface area contributed by atoms with Crippen molar-refractivity contribution in [3.63, 3.8) is 0 Å². The number of fused-ring (bicyclic) bond motifs is 3. The second-order valence-electron chi connectivity index (χ2n) is 29.8. The first-order valence-corrected chi connectivity index (χ1v) is 37.9. The predicted octanol–water partition coefficient (Wildman–Crippen LogP) is 14.4. The summed E-state index contributed by atoms with van der Waals surface area (Å²) in [5.41, 5.74) is -3.01. The number of carbonyl (C=O) groups excluding carboxylic acids is 6. The molecule has 3 aromatic heterocycles. The number of ether oxygens (including phenoxy) is 8. The molecule has 14 rings (SSSR count). The van der Waals surface area contributed by atoms with E-state index in [0.29, 0.717) is 61.5 Å². The minimum Gasteiger partial charge on any atom is -0.495 e. The first-order chi connectivity index (χ1) is 58.7. The number of alkyl halides is 9. The fourth-order valence-corrected chi connectivity index (χ4v) is 13.8. The molecule has 9 aromatic rings. The lowest BCUT2D eigenvalue weighted by atomic mass is 9.93. The van der Waals surface area contributed by atoms with Gasteiger partial charge in [0.2, 0.25) is 35.5 Å². The number of aromatic nitrogens is 6. The molecule has 0 saturated carbocycles. The molecule has 5 aliphatic heterocycles. The Morgan fingerprint density at radius 1 is 0.484 bits per heavy atom. The Morgan fingerprint density at radius 2 is 0.831 bits per heavy atom. The van der Waals surface area contributed by atoms with E-state index in [2.05, 4.69) is 61.8 Å². The Hall–Kier alpha value is -13.4. The molecule has 6 aromatic carbocycles. The van der Waals surface area contributed by atoms with Crippen molar-refractivity contribution in [1.82, 2.24) is 65.5 Å². The third-order valence-electron chi connectivity index (χ3n) is 19.6. The Bertz CT molecular complexity index is 5580. The molecule has 0 radical (unpaired) electrons. The summed E-state index contributed by atoms with van der Waals surface area (Å²) in [6.07, 6.45) is -10.8. The highest BCUT2D eigenvalue weighted by Crippen LogP contribution is 2.46. The maximum absolute atomic E-state index is 15.1. The van der Waals surface area contributed by atoms with Crippen LogP contribution in [0, 0.1) is 22.9 Å². The average molecular weight is 1740 g/mol. The van der Waals surface area contributed by atoms with Crippen LogP contribution in [0.4, 0.5) is 87.6 Å². The second-order valence-corrected chi connectivity index (χ2v) is 29.8. The molecule has 30 nitrogen and oxygen atoms in total. The molecule has 1 unspecified atom stereocenters. The van der Waals surface area contributed by atoms with Gasteiger partial charge < -0.3 is 89.4 Å². The molecule has 0 aliphatic carbocycles. The van der Waals surface area contributed by atoms with E-state index in [-0.39, 0.29) is 147 Å². The summed E-state index contributed by atoms with van der Waals surface area (Å²) in [5, 5.41) is 15.8. The molecule has 0 spiro atoms. The van der Waals surface area contributed by atoms with E-state index in [0.717, 1.165) is 49.6 Å². The summed E-state index contributed by atoms with van der Waals surface area (Å²) in [7, 11) is 12.3. The summed E-state index contributed by atoms with van der Waals surface area (Å²) in [5.74, 6) is -10.0. The fourth-order valence-electron chi connectivity index (χ4n) is 13.8. The van der Waals surface area contributed by atoms with Crippen molar-refractivity contribution in [2.45, 2.75) is 90.0 Å². The summed E-state index contributed by atoms with van der Waals surface area (Å²) in [6.45, 7) is 7.02. The van der Waals surface area contributed by atoms with E-state index in [1.165, 1.54) is 60.3 Å². The molecular formula is C82H80F12N16O14. The van der Waals surface area contributed by atoms with E-state index in [1.54, 1.807) is 57.5 Å². The number of halogens is 12. The number of anilines is 6. The maximum atomic E-state index is 15.1. The maximum Gasteiger partial charge on any atom is 0.423 e. The van der Waals surface area contributed by atoms with Crippen molar-refractivity contribution in [3.05, 3.63) is 194 Å². The Kier molecular flexibility index (Phi) is 26.9. The van der Waals surface area contributed by atoms with Gasteiger partial charge in [0.15, 0.2) is 0 Å². The van der Waals surface area contributed by atoms with Crippen LogP contribution >= 0.6 is 0 Å². The highest BCUT2D eigenvalue weighted by molar-refractivity contribution is 6.03. The Balaban J connectivity index is 0.000000170. The number of rotatable bonds is 25. The minimum absolute atomic E-state index is 0.000584. The Morgan fingerprint density at radius 3 is 1.15 bits per heavy atom. The molecule has 0 bridgehead atoms. The molecule has 2 atom stereocenters. The number of amides is 6. The quantitative estimate of drug-likeness (QED) is 0.0289. The van der Waals surface area contributed by atoms with E-state index in [9.17, 15) is 77.1 Å². The van der Waals surface area contributed by atoms with Crippen LogP contribution in [-0.4, -0.2) is 187 Å². The summed E-state index contributed by atoms with van der Waals surface area (Å²) >= 11 is 0. The van der Waals surface area contributed by atoms with Gasteiger partial charge >= 0.3 is 18.5 Å². The van der Waals surface area contributed by atoms with Crippen LogP contribution in [0.15, 0.2) is 110 Å². The number of methoxy groups -OCH3 is 3. The first-order valence-electron chi connectivity index (χ1n) is 37.9. The highest BCUT2D eigenvalue weighted by atomic mass is 19.4. The molecule has 8 heterocycles. The van der Waals surface area contributed by atoms with Crippen molar-refractivity contribution >= 4 is 70.4 Å². The number of hydrogen-bond acceptors (Lipinski definition) is 24. The number of carbonyl (C=O) groups is 6. The van der Waals surface area contributed by atoms with Gasteiger partial charge in [-0.15, -0.1) is 0 Å². The lowest BCUT2D eigenvalue weighted by Crippen LogP contribution is -2.40.